The number of carbonyl (C=O) groups excluding carboxylic acids is 2. The highest BCUT2D eigenvalue weighted by molar-refractivity contribution is 6.12. The standard InChI is InChI=1S/C15H11NO2/c1-11-5-4-6-12(9-11)15(18)13-7-2-3-8-14(13)16-10-17/h2-9H,1H3. The first kappa shape index (κ1) is 12.0. The van der Waals surface area contributed by atoms with E-state index in [-0.39, 0.29) is 5.78 Å². The molecule has 0 saturated carbocycles. The third-order valence-electron chi connectivity index (χ3n) is 2.60. The molecule has 2 rings (SSSR count). The summed E-state index contributed by atoms with van der Waals surface area (Å²) in [6.45, 7) is 1.92. The lowest BCUT2D eigenvalue weighted by Gasteiger charge is -2.04. The molecule has 0 spiro atoms. The molecule has 3 heteroatoms. The van der Waals surface area contributed by atoms with Crippen molar-refractivity contribution < 1.29 is 9.59 Å². The van der Waals surface area contributed by atoms with Gasteiger partial charge in [-0.25, -0.2) is 4.79 Å². The van der Waals surface area contributed by atoms with Crippen molar-refractivity contribution in [1.82, 2.24) is 0 Å². The van der Waals surface area contributed by atoms with Gasteiger partial charge in [-0.1, -0.05) is 35.9 Å². The maximum absolute atomic E-state index is 12.3. The molecule has 0 aliphatic rings. The number of nitrogens with zero attached hydrogens (tertiary/aromatic N) is 1. The largest absolute Gasteiger partial charge is 0.289 e. The maximum atomic E-state index is 12.3. The second-order valence-corrected chi connectivity index (χ2v) is 3.92. The minimum Gasteiger partial charge on any atom is -0.289 e. The lowest BCUT2D eigenvalue weighted by Crippen LogP contribution is -2.01. The fraction of sp³-hybridized carbons (Fsp3) is 0.0667. The van der Waals surface area contributed by atoms with Gasteiger partial charge in [0.2, 0.25) is 6.08 Å². The SMILES string of the molecule is Cc1cccc(C(=O)c2ccccc2N=C=O)c1. The topological polar surface area (TPSA) is 46.5 Å². The third-order valence-corrected chi connectivity index (χ3v) is 2.60. The number of benzene rings is 2. The molecule has 3 nitrogen and oxygen atoms in total. The predicted molar refractivity (Wildman–Crippen MR) is 68.8 cm³/mol. The van der Waals surface area contributed by atoms with E-state index in [2.05, 4.69) is 4.99 Å². The average molecular weight is 237 g/mol. The molecular formula is C15H11NO2. The fourth-order valence-electron chi connectivity index (χ4n) is 1.75. The van der Waals surface area contributed by atoms with E-state index in [1.54, 1.807) is 30.3 Å². The number of carbonyl (C=O) groups is 1. The molecule has 0 aliphatic carbocycles. The monoisotopic (exact) mass is 237 g/mol. The molecular weight excluding hydrogens is 226 g/mol. The van der Waals surface area contributed by atoms with Crippen LogP contribution in [0.2, 0.25) is 0 Å². The van der Waals surface area contributed by atoms with Crippen LogP contribution in [0.1, 0.15) is 21.5 Å². The van der Waals surface area contributed by atoms with Gasteiger partial charge in [0.1, 0.15) is 0 Å². The van der Waals surface area contributed by atoms with Crippen molar-refractivity contribution in [2.45, 2.75) is 6.92 Å². The minimum absolute atomic E-state index is 0.145. The van der Waals surface area contributed by atoms with E-state index in [1.165, 1.54) is 6.08 Å². The van der Waals surface area contributed by atoms with E-state index in [9.17, 15) is 9.59 Å². The van der Waals surface area contributed by atoms with Gasteiger partial charge in [-0.2, -0.15) is 4.99 Å². The number of para-hydroxylation sites is 1. The quantitative estimate of drug-likeness (QED) is 0.467. The van der Waals surface area contributed by atoms with Crippen molar-refractivity contribution >= 4 is 17.6 Å². The van der Waals surface area contributed by atoms with E-state index in [1.807, 2.05) is 25.1 Å². The molecule has 0 bridgehead atoms. The molecule has 0 aliphatic heterocycles. The maximum Gasteiger partial charge on any atom is 0.240 e. The minimum atomic E-state index is -0.145. The van der Waals surface area contributed by atoms with Crippen LogP contribution in [0.25, 0.3) is 0 Å². The van der Waals surface area contributed by atoms with Gasteiger partial charge in [-0.05, 0) is 25.1 Å². The summed E-state index contributed by atoms with van der Waals surface area (Å²) >= 11 is 0. The van der Waals surface area contributed by atoms with Crippen LogP contribution < -0.4 is 0 Å². The Balaban J connectivity index is 2.49. The van der Waals surface area contributed by atoms with Crippen molar-refractivity contribution in [3.63, 3.8) is 0 Å². The summed E-state index contributed by atoms with van der Waals surface area (Å²) in [5.41, 5.74) is 2.35. The Morgan fingerprint density at radius 2 is 1.89 bits per heavy atom. The van der Waals surface area contributed by atoms with Crippen molar-refractivity contribution in [3.05, 3.63) is 65.2 Å². The van der Waals surface area contributed by atoms with Crippen LogP contribution in [0.15, 0.2) is 53.5 Å². The molecule has 2 aromatic carbocycles. The van der Waals surface area contributed by atoms with E-state index < -0.39 is 0 Å². The first-order valence-corrected chi connectivity index (χ1v) is 5.50. The van der Waals surface area contributed by atoms with Crippen LogP contribution in [0.3, 0.4) is 0 Å². The molecule has 88 valence electrons. The zero-order valence-electron chi connectivity index (χ0n) is 9.88. The second kappa shape index (κ2) is 5.21. The number of aryl methyl sites for hydroxylation is 1. The molecule has 2 aromatic rings. The van der Waals surface area contributed by atoms with Gasteiger partial charge < -0.3 is 0 Å². The smallest absolute Gasteiger partial charge is 0.240 e. The van der Waals surface area contributed by atoms with E-state index >= 15 is 0 Å². The summed E-state index contributed by atoms with van der Waals surface area (Å²) in [4.78, 5) is 26.2. The van der Waals surface area contributed by atoms with E-state index in [4.69, 9.17) is 0 Å². The Labute approximate surface area is 105 Å². The number of hydrogen-bond acceptors (Lipinski definition) is 3. The zero-order valence-corrected chi connectivity index (χ0v) is 9.88. The van der Waals surface area contributed by atoms with Gasteiger partial charge >= 0.3 is 0 Å². The van der Waals surface area contributed by atoms with Crippen molar-refractivity contribution in [3.8, 4) is 0 Å². The van der Waals surface area contributed by atoms with E-state index in [0.717, 1.165) is 5.56 Å². The van der Waals surface area contributed by atoms with Crippen LogP contribution in [0.5, 0.6) is 0 Å². The summed E-state index contributed by atoms with van der Waals surface area (Å²) in [5.74, 6) is -0.145. The summed E-state index contributed by atoms with van der Waals surface area (Å²) in [6, 6.07) is 14.0. The third kappa shape index (κ3) is 2.42. The highest BCUT2D eigenvalue weighted by Gasteiger charge is 2.12. The van der Waals surface area contributed by atoms with Gasteiger partial charge in [0, 0.05) is 11.1 Å². The molecule has 0 saturated heterocycles. The van der Waals surface area contributed by atoms with Crippen LogP contribution in [0.4, 0.5) is 5.69 Å². The molecule has 18 heavy (non-hydrogen) atoms. The number of rotatable bonds is 3. The first-order valence-electron chi connectivity index (χ1n) is 5.50. The number of aliphatic imine (C=N–C) groups is 1. The molecule has 0 heterocycles. The molecule has 0 atom stereocenters. The predicted octanol–water partition coefficient (Wildman–Crippen LogP) is 3.19. The van der Waals surface area contributed by atoms with Gasteiger partial charge in [0.05, 0.1) is 5.69 Å². The van der Waals surface area contributed by atoms with Crippen molar-refractivity contribution in [2.75, 3.05) is 0 Å². The van der Waals surface area contributed by atoms with Crippen LogP contribution in [-0.4, -0.2) is 11.9 Å². The molecule has 0 amide bonds. The molecule has 0 aromatic heterocycles. The van der Waals surface area contributed by atoms with E-state index in [0.29, 0.717) is 16.8 Å². The van der Waals surface area contributed by atoms with Crippen LogP contribution in [-0.2, 0) is 4.79 Å². The zero-order chi connectivity index (χ0) is 13.0. The van der Waals surface area contributed by atoms with Gasteiger partial charge in [0.25, 0.3) is 0 Å². The van der Waals surface area contributed by atoms with Crippen molar-refractivity contribution in [1.29, 1.82) is 0 Å². The lowest BCUT2D eigenvalue weighted by molar-refractivity contribution is 0.103. The molecule has 0 unspecified atom stereocenters. The highest BCUT2D eigenvalue weighted by atomic mass is 16.1. The number of ketones is 1. The van der Waals surface area contributed by atoms with Crippen LogP contribution >= 0.6 is 0 Å². The molecule has 0 N–H and O–H groups in total. The Morgan fingerprint density at radius 1 is 1.11 bits per heavy atom. The summed E-state index contributed by atoms with van der Waals surface area (Å²) in [7, 11) is 0. The first-order chi connectivity index (χ1) is 8.72. The Bertz CT molecular complexity index is 640. The number of isocyanates is 1. The Hall–Kier alpha value is -2.51. The van der Waals surface area contributed by atoms with Gasteiger partial charge in [-0.3, -0.25) is 4.79 Å². The van der Waals surface area contributed by atoms with Crippen LogP contribution in [0, 0.1) is 6.92 Å². The van der Waals surface area contributed by atoms with Gasteiger partial charge in [0.15, 0.2) is 5.78 Å². The average Bonchev–Trinajstić information content (AvgIpc) is 2.39. The molecule has 0 fully saturated rings. The summed E-state index contributed by atoms with van der Waals surface area (Å²) in [6.07, 6.45) is 1.46. The fourth-order valence-corrected chi connectivity index (χ4v) is 1.75. The van der Waals surface area contributed by atoms with Gasteiger partial charge in [-0.15, -0.1) is 0 Å². The Kier molecular flexibility index (Phi) is 3.46. The summed E-state index contributed by atoms with van der Waals surface area (Å²) < 4.78 is 0. The van der Waals surface area contributed by atoms with Crippen molar-refractivity contribution in [2.24, 2.45) is 4.99 Å². The highest BCUT2D eigenvalue weighted by Crippen LogP contribution is 2.21. The lowest BCUT2D eigenvalue weighted by atomic mass is 10.0. The summed E-state index contributed by atoms with van der Waals surface area (Å²) in [5, 5.41) is 0. The molecule has 0 radical (unpaired) electrons. The normalized spacial score (nSPS) is 9.61. The Morgan fingerprint density at radius 3 is 2.61 bits per heavy atom. The number of hydrogen-bond donors (Lipinski definition) is 0. The second-order valence-electron chi connectivity index (χ2n) is 3.92.